The number of hydrogen-bond acceptors (Lipinski definition) is 6. The fourth-order valence-electron chi connectivity index (χ4n) is 3.05. The molecule has 3 N–H and O–H groups in total. The Kier molecular flexibility index (Phi) is 4.35. The molecule has 142 valence electrons. The second-order valence-electron chi connectivity index (χ2n) is 6.37. The van der Waals surface area contributed by atoms with Gasteiger partial charge in [0.25, 0.3) is 10.9 Å². The summed E-state index contributed by atoms with van der Waals surface area (Å²) >= 11 is 0. The molecule has 1 aliphatic heterocycles. The summed E-state index contributed by atoms with van der Waals surface area (Å²) in [6, 6.07) is 7.57. The lowest BCUT2D eigenvalue weighted by atomic mass is 10.1. The number of halogens is 1. The van der Waals surface area contributed by atoms with Crippen LogP contribution in [0, 0.1) is 12.7 Å². The van der Waals surface area contributed by atoms with E-state index in [0.29, 0.717) is 16.8 Å². The van der Waals surface area contributed by atoms with Crippen molar-refractivity contribution >= 4 is 39.6 Å². The zero-order valence-corrected chi connectivity index (χ0v) is 15.5. The molecule has 1 atom stereocenters. The van der Waals surface area contributed by atoms with Gasteiger partial charge in [0, 0.05) is 17.0 Å². The number of rotatable bonds is 4. The molecule has 0 fully saturated rings. The van der Waals surface area contributed by atoms with Crippen LogP contribution in [0.4, 0.5) is 27.1 Å². The van der Waals surface area contributed by atoms with Crippen LogP contribution in [0.2, 0.25) is 0 Å². The lowest BCUT2D eigenvalue weighted by Gasteiger charge is -2.19. The van der Waals surface area contributed by atoms with Crippen LogP contribution in [0.5, 0.6) is 5.75 Å². The van der Waals surface area contributed by atoms with Crippen molar-refractivity contribution in [3.05, 3.63) is 73.8 Å². The lowest BCUT2D eigenvalue weighted by molar-refractivity contribution is 0.463. The van der Waals surface area contributed by atoms with Crippen molar-refractivity contribution in [2.24, 2.45) is 0 Å². The molecule has 0 amide bonds. The summed E-state index contributed by atoms with van der Waals surface area (Å²) in [5.74, 6) is -0.391. The van der Waals surface area contributed by atoms with Crippen LogP contribution in [0.1, 0.15) is 11.1 Å². The highest BCUT2D eigenvalue weighted by atomic mass is 32.2. The summed E-state index contributed by atoms with van der Waals surface area (Å²) < 4.78 is 25.9. The molecule has 0 radical (unpaired) electrons. The first kappa shape index (κ1) is 18.1. The predicted octanol–water partition coefficient (Wildman–Crippen LogP) is 3.06. The van der Waals surface area contributed by atoms with Crippen molar-refractivity contribution in [1.29, 1.82) is 0 Å². The highest BCUT2D eigenvalue weighted by Gasteiger charge is 2.25. The Morgan fingerprint density at radius 1 is 1.04 bits per heavy atom. The minimum atomic E-state index is -1.40. The number of fused-ring (bicyclic) bond motifs is 1. The first-order chi connectivity index (χ1) is 13.4. The van der Waals surface area contributed by atoms with Gasteiger partial charge in [0.1, 0.15) is 17.2 Å². The summed E-state index contributed by atoms with van der Waals surface area (Å²) in [7, 11) is -1.40. The van der Waals surface area contributed by atoms with E-state index >= 15 is 0 Å². The second kappa shape index (κ2) is 6.72. The minimum absolute atomic E-state index is 0.0168. The fourth-order valence-corrected chi connectivity index (χ4v) is 4.21. The molecule has 0 aliphatic carbocycles. The molecule has 0 saturated heterocycles. The molecular weight excluding hydrogens is 383 g/mol. The maximum absolute atomic E-state index is 13.7. The molecule has 1 aliphatic rings. The molecule has 3 aromatic rings. The Balaban J connectivity index is 1.70. The fraction of sp³-hybridized carbons (Fsp3) is 0.100. The van der Waals surface area contributed by atoms with E-state index in [0.717, 1.165) is 0 Å². The van der Waals surface area contributed by atoms with E-state index in [1.165, 1.54) is 18.2 Å². The van der Waals surface area contributed by atoms with Crippen molar-refractivity contribution in [3.63, 3.8) is 0 Å². The molecule has 1 unspecified atom stereocenters. The number of phenols is 1. The van der Waals surface area contributed by atoms with Gasteiger partial charge in [-0.1, -0.05) is 24.3 Å². The van der Waals surface area contributed by atoms with Gasteiger partial charge in [0.15, 0.2) is 5.75 Å². The third-order valence-electron chi connectivity index (χ3n) is 4.63. The Labute approximate surface area is 161 Å². The highest BCUT2D eigenvalue weighted by Crippen LogP contribution is 2.38. The van der Waals surface area contributed by atoms with Gasteiger partial charge in [-0.3, -0.25) is 13.8 Å². The van der Waals surface area contributed by atoms with E-state index in [9.17, 15) is 23.3 Å². The van der Waals surface area contributed by atoms with Crippen molar-refractivity contribution < 1.29 is 13.7 Å². The topological polar surface area (TPSA) is 95.5 Å². The number of nitrogens with one attached hydrogen (secondary N) is 2. The van der Waals surface area contributed by atoms with E-state index in [1.807, 2.05) is 0 Å². The van der Waals surface area contributed by atoms with Gasteiger partial charge in [0.05, 0.1) is 21.4 Å². The van der Waals surface area contributed by atoms with E-state index < -0.39 is 27.5 Å². The molecule has 8 heteroatoms. The normalized spacial score (nSPS) is 15.4. The Bertz CT molecular complexity index is 1240. The maximum Gasteiger partial charge on any atom is 0.253 e. The summed E-state index contributed by atoms with van der Waals surface area (Å²) in [6.07, 6.45) is 3.52. The first-order valence-electron chi connectivity index (χ1n) is 8.42. The average molecular weight is 398 g/mol. The average Bonchev–Trinajstić information content (AvgIpc) is 2.69. The van der Waals surface area contributed by atoms with E-state index in [4.69, 9.17) is 0 Å². The summed E-state index contributed by atoms with van der Waals surface area (Å²) in [5, 5.41) is 16.0. The van der Waals surface area contributed by atoms with Gasteiger partial charge < -0.3 is 15.7 Å². The summed E-state index contributed by atoms with van der Waals surface area (Å²) in [4.78, 5) is 24.3. The summed E-state index contributed by atoms with van der Waals surface area (Å²) in [5.41, 5.74) is -0.0982. The van der Waals surface area contributed by atoms with Crippen molar-refractivity contribution in [2.75, 3.05) is 16.4 Å². The van der Waals surface area contributed by atoms with Crippen LogP contribution in [0.25, 0.3) is 6.08 Å². The highest BCUT2D eigenvalue weighted by molar-refractivity contribution is 7.85. The van der Waals surface area contributed by atoms with Crippen LogP contribution in [0.3, 0.4) is 0 Å². The molecule has 3 aromatic carbocycles. The van der Waals surface area contributed by atoms with Gasteiger partial charge in [-0.2, -0.15) is 0 Å². The van der Waals surface area contributed by atoms with Gasteiger partial charge in [0.2, 0.25) is 0 Å². The van der Waals surface area contributed by atoms with Gasteiger partial charge in [-0.25, -0.2) is 4.39 Å². The first-order valence-corrected chi connectivity index (χ1v) is 9.73. The molecular formula is C20H15FN2O4S. The molecule has 0 bridgehead atoms. The number of aromatic hydroxyl groups is 1. The van der Waals surface area contributed by atoms with E-state index in [-0.39, 0.29) is 33.5 Å². The van der Waals surface area contributed by atoms with Crippen LogP contribution in [-0.2, 0) is 10.8 Å². The molecule has 0 spiro atoms. The van der Waals surface area contributed by atoms with Crippen LogP contribution in [0.15, 0.2) is 50.9 Å². The quantitative estimate of drug-likeness (QED) is 0.462. The van der Waals surface area contributed by atoms with Crippen molar-refractivity contribution in [1.82, 2.24) is 0 Å². The zero-order chi connectivity index (χ0) is 20.0. The smallest absolute Gasteiger partial charge is 0.253 e. The monoisotopic (exact) mass is 398 g/mol. The largest absolute Gasteiger partial charge is 0.505 e. The van der Waals surface area contributed by atoms with Crippen molar-refractivity contribution in [2.45, 2.75) is 11.8 Å². The number of anilines is 4. The third kappa shape index (κ3) is 2.82. The lowest BCUT2D eigenvalue weighted by Crippen LogP contribution is -2.36. The standard InChI is InChI=1S/C20H15FN2O4S/c1-10-12(21)5-2-6-13(10)22-15-16(19(26)18(15)25)23-14-8-7-11-4-3-9-28(27)20(11)17(14)24/h2-8,22-24H,9H2,1H3. The van der Waals surface area contributed by atoms with Gasteiger partial charge in [-0.05, 0) is 30.7 Å². The number of benzene rings is 2. The SMILES string of the molecule is Cc1c(F)cccc1Nc1c(Nc2ccc3c(c2O)S(=O)CC=C3)c(=O)c1=O. The summed E-state index contributed by atoms with van der Waals surface area (Å²) in [6.45, 7) is 1.55. The zero-order valence-electron chi connectivity index (χ0n) is 14.7. The molecule has 28 heavy (non-hydrogen) atoms. The number of hydrogen-bond donors (Lipinski definition) is 3. The minimum Gasteiger partial charge on any atom is -0.505 e. The van der Waals surface area contributed by atoms with Crippen LogP contribution in [-0.4, -0.2) is 15.1 Å². The van der Waals surface area contributed by atoms with Crippen LogP contribution >= 0.6 is 0 Å². The maximum atomic E-state index is 13.7. The van der Waals surface area contributed by atoms with Crippen molar-refractivity contribution in [3.8, 4) is 5.75 Å². The Hall–Kier alpha value is -3.26. The molecule has 6 nitrogen and oxygen atoms in total. The van der Waals surface area contributed by atoms with Crippen LogP contribution < -0.4 is 21.5 Å². The predicted molar refractivity (Wildman–Crippen MR) is 107 cm³/mol. The second-order valence-corrected chi connectivity index (χ2v) is 7.80. The van der Waals surface area contributed by atoms with E-state index in [2.05, 4.69) is 10.6 Å². The Morgan fingerprint density at radius 3 is 2.43 bits per heavy atom. The van der Waals surface area contributed by atoms with Gasteiger partial charge in [-0.15, -0.1) is 0 Å². The molecule has 0 saturated carbocycles. The third-order valence-corrected chi connectivity index (χ3v) is 6.01. The molecule has 0 aromatic heterocycles. The molecule has 1 heterocycles. The number of phenolic OH excluding ortho intramolecular Hbond substituents is 1. The van der Waals surface area contributed by atoms with Gasteiger partial charge >= 0.3 is 0 Å². The Morgan fingerprint density at radius 2 is 1.71 bits per heavy atom. The van der Waals surface area contributed by atoms with E-state index in [1.54, 1.807) is 31.2 Å². The molecule has 4 rings (SSSR count).